The first-order chi connectivity index (χ1) is 6.99. The van der Waals surface area contributed by atoms with Crippen molar-refractivity contribution in [3.63, 3.8) is 0 Å². The minimum Gasteiger partial charge on any atom is -0.375 e. The van der Waals surface area contributed by atoms with Gasteiger partial charge in [-0.25, -0.2) is 0 Å². The SMILES string of the molecule is CC(C)(C)OCCNC1CCCNC1=O. The third-order valence-corrected chi connectivity index (χ3v) is 2.31. The van der Waals surface area contributed by atoms with Crippen LogP contribution in [0.5, 0.6) is 0 Å². The summed E-state index contributed by atoms with van der Waals surface area (Å²) in [6.07, 6.45) is 1.99. The van der Waals surface area contributed by atoms with Crippen LogP contribution >= 0.6 is 0 Å². The van der Waals surface area contributed by atoms with E-state index in [1.807, 2.05) is 20.8 Å². The minimum atomic E-state index is -0.101. The van der Waals surface area contributed by atoms with Crippen molar-refractivity contribution in [1.82, 2.24) is 10.6 Å². The smallest absolute Gasteiger partial charge is 0.237 e. The molecule has 0 aliphatic carbocycles. The van der Waals surface area contributed by atoms with Crippen LogP contribution in [0, 0.1) is 0 Å². The van der Waals surface area contributed by atoms with Gasteiger partial charge in [-0.2, -0.15) is 0 Å². The lowest BCUT2D eigenvalue weighted by Gasteiger charge is -2.24. The van der Waals surface area contributed by atoms with Crippen LogP contribution in [-0.2, 0) is 9.53 Å². The van der Waals surface area contributed by atoms with Gasteiger partial charge in [-0.05, 0) is 33.6 Å². The molecule has 2 N–H and O–H groups in total. The summed E-state index contributed by atoms with van der Waals surface area (Å²) in [6.45, 7) is 8.28. The van der Waals surface area contributed by atoms with Crippen LogP contribution in [0.25, 0.3) is 0 Å². The highest BCUT2D eigenvalue weighted by Gasteiger charge is 2.20. The normalized spacial score (nSPS) is 22.6. The van der Waals surface area contributed by atoms with Crippen LogP contribution in [-0.4, -0.2) is 37.2 Å². The molecule has 0 bridgehead atoms. The lowest BCUT2D eigenvalue weighted by atomic mass is 10.1. The van der Waals surface area contributed by atoms with E-state index in [1.54, 1.807) is 0 Å². The molecule has 1 saturated heterocycles. The third-order valence-electron chi connectivity index (χ3n) is 2.31. The monoisotopic (exact) mass is 214 g/mol. The number of piperidine rings is 1. The van der Waals surface area contributed by atoms with E-state index in [1.165, 1.54) is 0 Å². The van der Waals surface area contributed by atoms with Gasteiger partial charge in [0.05, 0.1) is 18.2 Å². The van der Waals surface area contributed by atoms with E-state index in [9.17, 15) is 4.79 Å². The second-order valence-electron chi connectivity index (χ2n) is 4.90. The predicted octanol–water partition coefficient (Wildman–Crippen LogP) is 0.670. The fourth-order valence-electron chi connectivity index (χ4n) is 1.56. The first-order valence-corrected chi connectivity index (χ1v) is 5.64. The molecule has 4 nitrogen and oxygen atoms in total. The Hall–Kier alpha value is -0.610. The molecular weight excluding hydrogens is 192 g/mol. The van der Waals surface area contributed by atoms with Crippen molar-refractivity contribution in [3.05, 3.63) is 0 Å². The molecule has 1 aliphatic rings. The van der Waals surface area contributed by atoms with Gasteiger partial charge in [0, 0.05) is 13.1 Å². The number of ether oxygens (including phenoxy) is 1. The molecule has 0 aromatic heterocycles. The number of carbonyl (C=O) groups is 1. The van der Waals surface area contributed by atoms with E-state index in [4.69, 9.17) is 4.74 Å². The van der Waals surface area contributed by atoms with E-state index in [0.29, 0.717) is 6.61 Å². The number of hydrogen-bond acceptors (Lipinski definition) is 3. The van der Waals surface area contributed by atoms with Crippen molar-refractivity contribution >= 4 is 5.91 Å². The number of amides is 1. The van der Waals surface area contributed by atoms with Crippen LogP contribution in [0.15, 0.2) is 0 Å². The number of rotatable bonds is 4. The molecule has 15 heavy (non-hydrogen) atoms. The van der Waals surface area contributed by atoms with Crippen molar-refractivity contribution < 1.29 is 9.53 Å². The van der Waals surface area contributed by atoms with Gasteiger partial charge in [0.25, 0.3) is 0 Å². The Morgan fingerprint density at radius 2 is 2.27 bits per heavy atom. The van der Waals surface area contributed by atoms with E-state index >= 15 is 0 Å². The average molecular weight is 214 g/mol. The molecule has 1 heterocycles. The zero-order valence-corrected chi connectivity index (χ0v) is 9.93. The maximum absolute atomic E-state index is 11.4. The molecule has 1 fully saturated rings. The summed E-state index contributed by atoms with van der Waals surface area (Å²) in [5.74, 6) is 0.122. The standard InChI is InChI=1S/C11H22N2O2/c1-11(2,3)15-8-7-12-9-5-4-6-13-10(9)14/h9,12H,4-8H2,1-3H3,(H,13,14). The summed E-state index contributed by atoms with van der Waals surface area (Å²) in [6, 6.07) is -0.0256. The maximum Gasteiger partial charge on any atom is 0.237 e. The number of hydrogen-bond donors (Lipinski definition) is 2. The number of carbonyl (C=O) groups excluding carboxylic acids is 1. The van der Waals surface area contributed by atoms with Crippen molar-refractivity contribution in [2.45, 2.75) is 45.3 Å². The van der Waals surface area contributed by atoms with Crippen LogP contribution in [0.1, 0.15) is 33.6 Å². The minimum absolute atomic E-state index is 0.0256. The molecule has 0 saturated carbocycles. The highest BCUT2D eigenvalue weighted by atomic mass is 16.5. The molecule has 1 atom stereocenters. The molecular formula is C11H22N2O2. The second-order valence-corrected chi connectivity index (χ2v) is 4.90. The van der Waals surface area contributed by atoms with Crippen LogP contribution < -0.4 is 10.6 Å². The Kier molecular flexibility index (Phi) is 4.54. The molecule has 1 amide bonds. The molecule has 88 valence electrons. The van der Waals surface area contributed by atoms with Crippen LogP contribution in [0.4, 0.5) is 0 Å². The lowest BCUT2D eigenvalue weighted by Crippen LogP contribution is -2.49. The average Bonchev–Trinajstić information content (AvgIpc) is 2.13. The molecule has 1 unspecified atom stereocenters. The molecule has 4 heteroatoms. The molecule has 1 rings (SSSR count). The van der Waals surface area contributed by atoms with E-state index < -0.39 is 0 Å². The van der Waals surface area contributed by atoms with E-state index in [0.717, 1.165) is 25.9 Å². The molecule has 0 aromatic carbocycles. The summed E-state index contributed by atoms with van der Waals surface area (Å²) in [4.78, 5) is 11.4. The van der Waals surface area contributed by atoms with Gasteiger partial charge in [0.15, 0.2) is 0 Å². The van der Waals surface area contributed by atoms with Crippen molar-refractivity contribution in [3.8, 4) is 0 Å². The Labute approximate surface area is 91.8 Å². The first-order valence-electron chi connectivity index (χ1n) is 5.64. The number of nitrogens with one attached hydrogen (secondary N) is 2. The molecule has 1 aliphatic heterocycles. The van der Waals surface area contributed by atoms with Crippen molar-refractivity contribution in [2.24, 2.45) is 0 Å². The van der Waals surface area contributed by atoms with Gasteiger partial charge in [0.2, 0.25) is 5.91 Å². The zero-order chi connectivity index (χ0) is 11.3. The van der Waals surface area contributed by atoms with E-state index in [2.05, 4.69) is 10.6 Å². The fraction of sp³-hybridized carbons (Fsp3) is 0.909. The van der Waals surface area contributed by atoms with E-state index in [-0.39, 0.29) is 17.6 Å². The quantitative estimate of drug-likeness (QED) is 0.676. The fourth-order valence-corrected chi connectivity index (χ4v) is 1.56. The van der Waals surface area contributed by atoms with Gasteiger partial charge < -0.3 is 15.4 Å². The van der Waals surface area contributed by atoms with Gasteiger partial charge in [0.1, 0.15) is 0 Å². The Morgan fingerprint density at radius 3 is 2.87 bits per heavy atom. The molecule has 0 aromatic rings. The summed E-state index contributed by atoms with van der Waals surface area (Å²) in [5.41, 5.74) is -0.101. The lowest BCUT2D eigenvalue weighted by molar-refractivity contribution is -0.124. The topological polar surface area (TPSA) is 50.4 Å². The Balaban J connectivity index is 2.11. The summed E-state index contributed by atoms with van der Waals surface area (Å²) in [7, 11) is 0. The van der Waals surface area contributed by atoms with Gasteiger partial charge in [-0.1, -0.05) is 0 Å². The van der Waals surface area contributed by atoms with Crippen molar-refractivity contribution in [1.29, 1.82) is 0 Å². The van der Waals surface area contributed by atoms with Gasteiger partial charge in [-0.3, -0.25) is 4.79 Å². The predicted molar refractivity (Wildman–Crippen MR) is 59.7 cm³/mol. The molecule has 0 spiro atoms. The van der Waals surface area contributed by atoms with Crippen molar-refractivity contribution in [2.75, 3.05) is 19.7 Å². The second kappa shape index (κ2) is 5.47. The summed E-state index contributed by atoms with van der Waals surface area (Å²) in [5, 5.41) is 6.05. The van der Waals surface area contributed by atoms with Gasteiger partial charge in [-0.15, -0.1) is 0 Å². The molecule has 0 radical (unpaired) electrons. The highest BCUT2D eigenvalue weighted by molar-refractivity contribution is 5.82. The maximum atomic E-state index is 11.4. The van der Waals surface area contributed by atoms with Crippen LogP contribution in [0.2, 0.25) is 0 Å². The Morgan fingerprint density at radius 1 is 1.53 bits per heavy atom. The highest BCUT2D eigenvalue weighted by Crippen LogP contribution is 2.06. The summed E-state index contributed by atoms with van der Waals surface area (Å²) >= 11 is 0. The first kappa shape index (κ1) is 12.5. The summed E-state index contributed by atoms with van der Waals surface area (Å²) < 4.78 is 5.56. The zero-order valence-electron chi connectivity index (χ0n) is 9.93. The largest absolute Gasteiger partial charge is 0.375 e. The third kappa shape index (κ3) is 5.14. The van der Waals surface area contributed by atoms with Crippen LogP contribution in [0.3, 0.4) is 0 Å². The Bertz CT molecular complexity index is 211. The van der Waals surface area contributed by atoms with Gasteiger partial charge >= 0.3 is 0 Å².